The predicted octanol–water partition coefficient (Wildman–Crippen LogP) is 2.59. The fourth-order valence-electron chi connectivity index (χ4n) is 1.76. The van der Waals surface area contributed by atoms with Gasteiger partial charge in [-0.15, -0.1) is 0 Å². The highest BCUT2D eigenvalue weighted by atomic mass is 16.5. The third kappa shape index (κ3) is 2.11. The molecule has 0 aliphatic rings. The molecular weight excluding hydrogens is 214 g/mol. The summed E-state index contributed by atoms with van der Waals surface area (Å²) in [4.78, 5) is 0. The monoisotopic (exact) mass is 231 g/mol. The van der Waals surface area contributed by atoms with E-state index in [2.05, 4.69) is 18.9 Å². The van der Waals surface area contributed by atoms with Crippen LogP contribution in [-0.2, 0) is 0 Å². The van der Waals surface area contributed by atoms with E-state index in [-0.39, 0.29) is 0 Å². The first-order valence-electron chi connectivity index (χ1n) is 5.61. The smallest absolute Gasteiger partial charge is 0.130 e. The largest absolute Gasteiger partial charge is 0.497 e. The molecule has 0 amide bonds. The Morgan fingerprint density at radius 1 is 1.35 bits per heavy atom. The Kier molecular flexibility index (Phi) is 3.04. The van der Waals surface area contributed by atoms with Crippen molar-refractivity contribution in [2.75, 3.05) is 12.8 Å². The van der Waals surface area contributed by atoms with Gasteiger partial charge in [0.2, 0.25) is 0 Å². The first kappa shape index (κ1) is 11.5. The lowest BCUT2D eigenvalue weighted by Gasteiger charge is -2.08. The molecule has 0 spiro atoms. The van der Waals surface area contributed by atoms with Crippen molar-refractivity contribution in [3.63, 3.8) is 0 Å². The maximum absolute atomic E-state index is 6.09. The van der Waals surface area contributed by atoms with Crippen molar-refractivity contribution in [3.8, 4) is 11.4 Å². The Bertz CT molecular complexity index is 517. The standard InChI is InChI=1S/C13H17N3O/c1-9(2)12-8-15-16(13(12)14)10-5-4-6-11(7-10)17-3/h4-9H,14H2,1-3H3. The number of aromatic nitrogens is 2. The second-order valence-electron chi connectivity index (χ2n) is 4.25. The number of nitrogens with zero attached hydrogens (tertiary/aromatic N) is 2. The summed E-state index contributed by atoms with van der Waals surface area (Å²) in [5.74, 6) is 1.85. The van der Waals surface area contributed by atoms with Gasteiger partial charge >= 0.3 is 0 Å². The lowest BCUT2D eigenvalue weighted by atomic mass is 10.1. The molecule has 2 rings (SSSR count). The minimum Gasteiger partial charge on any atom is -0.497 e. The van der Waals surface area contributed by atoms with Gasteiger partial charge in [-0.1, -0.05) is 19.9 Å². The third-order valence-corrected chi connectivity index (χ3v) is 2.76. The average Bonchev–Trinajstić information content (AvgIpc) is 2.71. The molecule has 1 heterocycles. The average molecular weight is 231 g/mol. The molecule has 0 radical (unpaired) electrons. The number of benzene rings is 1. The van der Waals surface area contributed by atoms with Crippen LogP contribution in [-0.4, -0.2) is 16.9 Å². The quantitative estimate of drug-likeness (QED) is 0.883. The Morgan fingerprint density at radius 3 is 2.71 bits per heavy atom. The van der Waals surface area contributed by atoms with Crippen molar-refractivity contribution >= 4 is 5.82 Å². The fraction of sp³-hybridized carbons (Fsp3) is 0.308. The first-order chi connectivity index (χ1) is 8.13. The van der Waals surface area contributed by atoms with Crippen LogP contribution < -0.4 is 10.5 Å². The molecule has 0 bridgehead atoms. The molecule has 0 unspecified atom stereocenters. The lowest BCUT2D eigenvalue weighted by molar-refractivity contribution is 0.414. The van der Waals surface area contributed by atoms with Crippen molar-refractivity contribution in [3.05, 3.63) is 36.0 Å². The van der Waals surface area contributed by atoms with E-state index in [1.165, 1.54) is 0 Å². The normalized spacial score (nSPS) is 10.8. The van der Waals surface area contributed by atoms with E-state index >= 15 is 0 Å². The highest BCUT2D eigenvalue weighted by Gasteiger charge is 2.11. The molecule has 4 heteroatoms. The summed E-state index contributed by atoms with van der Waals surface area (Å²) < 4.78 is 6.92. The predicted molar refractivity (Wildman–Crippen MR) is 68.6 cm³/mol. The molecule has 0 atom stereocenters. The van der Waals surface area contributed by atoms with Gasteiger partial charge in [-0.2, -0.15) is 5.10 Å². The SMILES string of the molecule is COc1cccc(-n2ncc(C(C)C)c2N)c1. The van der Waals surface area contributed by atoms with Crippen LogP contribution >= 0.6 is 0 Å². The maximum Gasteiger partial charge on any atom is 0.130 e. The Balaban J connectivity index is 2.46. The van der Waals surface area contributed by atoms with Crippen molar-refractivity contribution in [1.29, 1.82) is 0 Å². The summed E-state index contributed by atoms with van der Waals surface area (Å²) in [6, 6.07) is 7.68. The molecular formula is C13H17N3O. The first-order valence-corrected chi connectivity index (χ1v) is 5.61. The zero-order chi connectivity index (χ0) is 12.4. The Labute approximate surface area is 101 Å². The van der Waals surface area contributed by atoms with E-state index in [9.17, 15) is 0 Å². The van der Waals surface area contributed by atoms with Crippen LogP contribution in [0.25, 0.3) is 5.69 Å². The van der Waals surface area contributed by atoms with Crippen molar-refractivity contribution < 1.29 is 4.74 Å². The number of ether oxygens (including phenoxy) is 1. The van der Waals surface area contributed by atoms with E-state index in [0.29, 0.717) is 11.7 Å². The van der Waals surface area contributed by atoms with Crippen molar-refractivity contribution in [2.45, 2.75) is 19.8 Å². The minimum absolute atomic E-state index is 0.370. The molecule has 0 saturated heterocycles. The van der Waals surface area contributed by atoms with Crippen LogP contribution in [0.4, 0.5) is 5.82 Å². The molecule has 0 aliphatic carbocycles. The number of nitrogens with two attached hydrogens (primary N) is 1. The van der Waals surface area contributed by atoms with Gasteiger partial charge < -0.3 is 10.5 Å². The van der Waals surface area contributed by atoms with Crippen LogP contribution in [0.2, 0.25) is 0 Å². The van der Waals surface area contributed by atoms with Gasteiger partial charge in [0.1, 0.15) is 11.6 Å². The second-order valence-corrected chi connectivity index (χ2v) is 4.25. The topological polar surface area (TPSA) is 53.1 Å². The van der Waals surface area contributed by atoms with Crippen LogP contribution in [0.5, 0.6) is 5.75 Å². The van der Waals surface area contributed by atoms with Crippen molar-refractivity contribution in [2.24, 2.45) is 0 Å². The van der Waals surface area contributed by atoms with E-state index < -0.39 is 0 Å². The maximum atomic E-state index is 6.09. The van der Waals surface area contributed by atoms with E-state index in [4.69, 9.17) is 10.5 Å². The Morgan fingerprint density at radius 2 is 2.12 bits per heavy atom. The molecule has 4 nitrogen and oxygen atoms in total. The molecule has 0 aliphatic heterocycles. The highest BCUT2D eigenvalue weighted by molar-refractivity contribution is 5.49. The van der Waals surface area contributed by atoms with Gasteiger partial charge in [0.05, 0.1) is 19.0 Å². The molecule has 0 saturated carbocycles. The summed E-state index contributed by atoms with van der Waals surface area (Å²) in [5.41, 5.74) is 8.06. The minimum atomic E-state index is 0.370. The molecule has 90 valence electrons. The fourth-order valence-corrected chi connectivity index (χ4v) is 1.76. The van der Waals surface area contributed by atoms with Crippen molar-refractivity contribution in [1.82, 2.24) is 9.78 Å². The van der Waals surface area contributed by atoms with Gasteiger partial charge in [0, 0.05) is 11.6 Å². The van der Waals surface area contributed by atoms with Crippen LogP contribution in [0, 0.1) is 0 Å². The van der Waals surface area contributed by atoms with E-state index in [1.54, 1.807) is 11.8 Å². The lowest BCUT2D eigenvalue weighted by Crippen LogP contribution is -2.03. The van der Waals surface area contributed by atoms with Crippen LogP contribution in [0.1, 0.15) is 25.3 Å². The molecule has 1 aromatic heterocycles. The number of hydrogen-bond acceptors (Lipinski definition) is 3. The van der Waals surface area contributed by atoms with Gasteiger partial charge in [-0.05, 0) is 18.1 Å². The summed E-state index contributed by atoms with van der Waals surface area (Å²) in [6.07, 6.45) is 1.82. The number of hydrogen-bond donors (Lipinski definition) is 1. The van der Waals surface area contributed by atoms with Crippen LogP contribution in [0.15, 0.2) is 30.5 Å². The van der Waals surface area contributed by atoms with Gasteiger partial charge in [0.15, 0.2) is 0 Å². The summed E-state index contributed by atoms with van der Waals surface area (Å²) >= 11 is 0. The molecule has 2 aromatic rings. The second kappa shape index (κ2) is 4.49. The zero-order valence-electron chi connectivity index (χ0n) is 10.3. The summed E-state index contributed by atoms with van der Waals surface area (Å²) in [6.45, 7) is 4.20. The summed E-state index contributed by atoms with van der Waals surface area (Å²) in [5, 5.41) is 4.32. The number of anilines is 1. The van der Waals surface area contributed by atoms with E-state index in [0.717, 1.165) is 17.0 Å². The molecule has 2 N–H and O–H groups in total. The highest BCUT2D eigenvalue weighted by Crippen LogP contribution is 2.25. The number of rotatable bonds is 3. The summed E-state index contributed by atoms with van der Waals surface area (Å²) in [7, 11) is 1.64. The van der Waals surface area contributed by atoms with Gasteiger partial charge in [0.25, 0.3) is 0 Å². The van der Waals surface area contributed by atoms with E-state index in [1.807, 2.05) is 30.5 Å². The third-order valence-electron chi connectivity index (χ3n) is 2.76. The molecule has 17 heavy (non-hydrogen) atoms. The number of nitrogen functional groups attached to an aromatic ring is 1. The number of methoxy groups -OCH3 is 1. The molecule has 1 aromatic carbocycles. The van der Waals surface area contributed by atoms with Gasteiger partial charge in [-0.25, -0.2) is 4.68 Å². The van der Waals surface area contributed by atoms with Gasteiger partial charge in [-0.3, -0.25) is 0 Å². The molecule has 0 fully saturated rings. The zero-order valence-corrected chi connectivity index (χ0v) is 10.3. The van der Waals surface area contributed by atoms with Crippen LogP contribution in [0.3, 0.4) is 0 Å². The Hall–Kier alpha value is -1.97.